The van der Waals surface area contributed by atoms with Gasteiger partial charge in [-0.05, 0) is 31.2 Å². The van der Waals surface area contributed by atoms with Gasteiger partial charge in [0.1, 0.15) is 5.76 Å². The van der Waals surface area contributed by atoms with Crippen LogP contribution in [-0.2, 0) is 0 Å². The molecule has 1 aliphatic rings. The van der Waals surface area contributed by atoms with Crippen molar-refractivity contribution in [3.05, 3.63) is 60.2 Å². The fourth-order valence-corrected chi connectivity index (χ4v) is 2.59. The number of para-hydroxylation sites is 1. The Morgan fingerprint density at radius 1 is 1.21 bits per heavy atom. The monoisotopic (exact) mass is 251 g/mol. The molecule has 1 atom stereocenters. The first-order valence-electron chi connectivity index (χ1n) is 6.28. The van der Waals surface area contributed by atoms with Gasteiger partial charge in [-0.15, -0.1) is 0 Å². The lowest BCUT2D eigenvalue weighted by Crippen LogP contribution is -2.25. The van der Waals surface area contributed by atoms with E-state index in [1.807, 2.05) is 35.9 Å². The summed E-state index contributed by atoms with van der Waals surface area (Å²) in [5.41, 5.74) is 4.40. The van der Waals surface area contributed by atoms with Gasteiger partial charge >= 0.3 is 0 Å². The average Bonchev–Trinajstić information content (AvgIpc) is 3.06. The van der Waals surface area contributed by atoms with Gasteiger partial charge in [-0.25, -0.2) is 4.68 Å². The lowest BCUT2D eigenvalue weighted by atomic mass is 10.1. The molecule has 0 bridgehead atoms. The lowest BCUT2D eigenvalue weighted by molar-refractivity contribution is 0.430. The summed E-state index contributed by atoms with van der Waals surface area (Å²) >= 11 is 0. The van der Waals surface area contributed by atoms with E-state index in [9.17, 15) is 0 Å². The van der Waals surface area contributed by atoms with Crippen molar-refractivity contribution in [2.45, 2.75) is 13.1 Å². The third-order valence-corrected chi connectivity index (χ3v) is 3.41. The predicted octanol–water partition coefficient (Wildman–Crippen LogP) is 3.42. The molecule has 1 N–H and O–H groups in total. The van der Waals surface area contributed by atoms with Gasteiger partial charge in [0.25, 0.3) is 0 Å². The standard InChI is InChI=1S/C15H13N3O/c1-10-9-13-11-5-2-3-6-12(11)16-15(18(13)17-10)14-7-4-8-19-14/h2-9,15-16H,1H3/t15-/m0/s1. The first-order valence-corrected chi connectivity index (χ1v) is 6.28. The van der Waals surface area contributed by atoms with Crippen LogP contribution in [0.25, 0.3) is 11.3 Å². The average molecular weight is 251 g/mol. The van der Waals surface area contributed by atoms with Gasteiger partial charge in [0, 0.05) is 11.3 Å². The van der Waals surface area contributed by atoms with Crippen LogP contribution in [0.3, 0.4) is 0 Å². The molecule has 0 saturated carbocycles. The number of nitrogens with zero attached hydrogens (tertiary/aromatic N) is 2. The Morgan fingerprint density at radius 2 is 2.11 bits per heavy atom. The number of hydrogen-bond acceptors (Lipinski definition) is 3. The number of benzene rings is 1. The maximum Gasteiger partial charge on any atom is 0.180 e. The quantitative estimate of drug-likeness (QED) is 0.720. The third kappa shape index (κ3) is 1.50. The van der Waals surface area contributed by atoms with Crippen molar-refractivity contribution in [1.29, 1.82) is 0 Å². The Balaban J connectivity index is 1.95. The molecule has 4 nitrogen and oxygen atoms in total. The Morgan fingerprint density at radius 3 is 2.95 bits per heavy atom. The lowest BCUT2D eigenvalue weighted by Gasteiger charge is -2.27. The van der Waals surface area contributed by atoms with Crippen molar-refractivity contribution < 1.29 is 4.42 Å². The number of fused-ring (bicyclic) bond motifs is 3. The highest BCUT2D eigenvalue weighted by atomic mass is 16.3. The van der Waals surface area contributed by atoms with Crippen LogP contribution in [0.4, 0.5) is 5.69 Å². The van der Waals surface area contributed by atoms with E-state index in [1.54, 1.807) is 6.26 Å². The van der Waals surface area contributed by atoms with Crippen molar-refractivity contribution in [1.82, 2.24) is 9.78 Å². The molecular weight excluding hydrogens is 238 g/mol. The normalized spacial score (nSPS) is 16.6. The number of anilines is 1. The van der Waals surface area contributed by atoms with E-state index in [4.69, 9.17) is 4.42 Å². The van der Waals surface area contributed by atoms with Crippen LogP contribution in [0.15, 0.2) is 53.1 Å². The highest BCUT2D eigenvalue weighted by Gasteiger charge is 2.27. The summed E-state index contributed by atoms with van der Waals surface area (Å²) in [6.07, 6.45) is 1.60. The fourth-order valence-electron chi connectivity index (χ4n) is 2.59. The van der Waals surface area contributed by atoms with Crippen LogP contribution in [0.2, 0.25) is 0 Å². The molecule has 0 aliphatic carbocycles. The molecule has 0 unspecified atom stereocenters. The van der Waals surface area contributed by atoms with Gasteiger partial charge < -0.3 is 9.73 Å². The molecular formula is C15H13N3O. The van der Waals surface area contributed by atoms with Crippen LogP contribution >= 0.6 is 0 Å². The summed E-state index contributed by atoms with van der Waals surface area (Å²) in [6.45, 7) is 2.01. The molecule has 1 aliphatic heterocycles. The number of hydrogen-bond donors (Lipinski definition) is 1. The summed E-state index contributed by atoms with van der Waals surface area (Å²) in [7, 11) is 0. The second-order valence-corrected chi connectivity index (χ2v) is 4.72. The Bertz CT molecular complexity index is 728. The molecule has 4 heteroatoms. The van der Waals surface area contributed by atoms with Crippen LogP contribution in [0, 0.1) is 6.92 Å². The van der Waals surface area contributed by atoms with Gasteiger partial charge in [-0.1, -0.05) is 18.2 Å². The molecule has 4 rings (SSSR count). The number of aromatic nitrogens is 2. The van der Waals surface area contributed by atoms with E-state index >= 15 is 0 Å². The maximum absolute atomic E-state index is 5.53. The van der Waals surface area contributed by atoms with E-state index in [0.29, 0.717) is 0 Å². The summed E-state index contributed by atoms with van der Waals surface area (Å²) < 4.78 is 7.51. The molecule has 0 saturated heterocycles. The molecule has 0 fully saturated rings. The van der Waals surface area contributed by atoms with Crippen LogP contribution in [-0.4, -0.2) is 9.78 Å². The summed E-state index contributed by atoms with van der Waals surface area (Å²) in [5, 5.41) is 8.06. The molecule has 2 aromatic heterocycles. The minimum Gasteiger partial charge on any atom is -0.465 e. The van der Waals surface area contributed by atoms with Gasteiger partial charge in [-0.2, -0.15) is 5.10 Å². The van der Waals surface area contributed by atoms with Crippen LogP contribution in [0.5, 0.6) is 0 Å². The zero-order chi connectivity index (χ0) is 12.8. The summed E-state index contributed by atoms with van der Waals surface area (Å²) in [6, 6.07) is 14.2. The number of furan rings is 1. The van der Waals surface area contributed by atoms with Crippen molar-refractivity contribution in [3.8, 4) is 11.3 Å². The highest BCUT2D eigenvalue weighted by molar-refractivity contribution is 5.78. The van der Waals surface area contributed by atoms with Crippen molar-refractivity contribution in [2.24, 2.45) is 0 Å². The van der Waals surface area contributed by atoms with E-state index in [1.165, 1.54) is 5.56 Å². The highest BCUT2D eigenvalue weighted by Crippen LogP contribution is 2.38. The molecule has 3 aromatic rings. The summed E-state index contributed by atoms with van der Waals surface area (Å²) in [5.74, 6) is 0.860. The SMILES string of the molecule is Cc1cc2n(n1)[C@@H](c1ccco1)Nc1ccccc1-2. The van der Waals surface area contributed by atoms with E-state index < -0.39 is 0 Å². The number of rotatable bonds is 1. The van der Waals surface area contributed by atoms with Gasteiger partial charge in [0.2, 0.25) is 0 Å². The Kier molecular flexibility index (Phi) is 2.06. The van der Waals surface area contributed by atoms with Crippen molar-refractivity contribution >= 4 is 5.69 Å². The molecule has 3 heterocycles. The first kappa shape index (κ1) is 10.4. The molecule has 0 radical (unpaired) electrons. The van der Waals surface area contributed by atoms with E-state index in [0.717, 1.165) is 22.8 Å². The topological polar surface area (TPSA) is 43.0 Å². The first-order chi connectivity index (χ1) is 9.33. The zero-order valence-electron chi connectivity index (χ0n) is 10.5. The second kappa shape index (κ2) is 3.75. The largest absolute Gasteiger partial charge is 0.465 e. The third-order valence-electron chi connectivity index (χ3n) is 3.41. The van der Waals surface area contributed by atoms with Crippen molar-refractivity contribution in [2.75, 3.05) is 5.32 Å². The molecule has 1 aromatic carbocycles. The van der Waals surface area contributed by atoms with Gasteiger partial charge in [0.15, 0.2) is 6.17 Å². The second-order valence-electron chi connectivity index (χ2n) is 4.72. The minimum atomic E-state index is -0.0893. The van der Waals surface area contributed by atoms with Gasteiger partial charge in [-0.3, -0.25) is 0 Å². The Labute approximate surface area is 110 Å². The number of aryl methyl sites for hydroxylation is 1. The number of nitrogens with one attached hydrogen (secondary N) is 1. The van der Waals surface area contributed by atoms with E-state index in [2.05, 4.69) is 28.6 Å². The van der Waals surface area contributed by atoms with Crippen LogP contribution < -0.4 is 5.32 Å². The fraction of sp³-hybridized carbons (Fsp3) is 0.133. The smallest absolute Gasteiger partial charge is 0.180 e. The van der Waals surface area contributed by atoms with Gasteiger partial charge in [0.05, 0.1) is 17.7 Å². The van der Waals surface area contributed by atoms with Crippen LogP contribution in [0.1, 0.15) is 17.6 Å². The molecule has 0 amide bonds. The van der Waals surface area contributed by atoms with Crippen molar-refractivity contribution in [3.63, 3.8) is 0 Å². The summed E-state index contributed by atoms with van der Waals surface area (Å²) in [4.78, 5) is 0. The zero-order valence-corrected chi connectivity index (χ0v) is 10.5. The molecule has 19 heavy (non-hydrogen) atoms. The molecule has 0 spiro atoms. The molecule has 94 valence electrons. The maximum atomic E-state index is 5.53. The van der Waals surface area contributed by atoms with E-state index in [-0.39, 0.29) is 6.17 Å². The minimum absolute atomic E-state index is 0.0893. The predicted molar refractivity (Wildman–Crippen MR) is 72.9 cm³/mol. The Hall–Kier alpha value is -2.49.